The van der Waals surface area contributed by atoms with Crippen molar-refractivity contribution < 1.29 is 19.1 Å². The third-order valence-corrected chi connectivity index (χ3v) is 6.70. The van der Waals surface area contributed by atoms with Crippen LogP contribution in [0.2, 0.25) is 0 Å². The highest BCUT2D eigenvalue weighted by Gasteiger charge is 2.38. The molecule has 1 aliphatic heterocycles. The van der Waals surface area contributed by atoms with Gasteiger partial charge in [-0.1, -0.05) is 74.9 Å². The van der Waals surface area contributed by atoms with Gasteiger partial charge in [-0.25, -0.2) is 14.4 Å². The van der Waals surface area contributed by atoms with Gasteiger partial charge in [-0.05, 0) is 60.7 Å². The van der Waals surface area contributed by atoms with E-state index in [-0.39, 0.29) is 12.6 Å². The molecule has 0 spiro atoms. The minimum absolute atomic E-state index is 0.195. The molecule has 1 aliphatic rings. The molecule has 8 nitrogen and oxygen atoms in total. The van der Waals surface area contributed by atoms with E-state index in [9.17, 15) is 14.4 Å². The van der Waals surface area contributed by atoms with E-state index in [4.69, 9.17) is 4.74 Å². The molecule has 208 valence electrons. The van der Waals surface area contributed by atoms with Crippen LogP contribution in [0.5, 0.6) is 0 Å². The Bertz CT molecular complexity index is 1370. The molecule has 40 heavy (non-hydrogen) atoms. The molecule has 3 N–H and O–H groups in total. The summed E-state index contributed by atoms with van der Waals surface area (Å²) in [6.07, 6.45) is 2.59. The molecule has 0 saturated heterocycles. The van der Waals surface area contributed by atoms with Gasteiger partial charge in [0, 0.05) is 17.9 Å². The van der Waals surface area contributed by atoms with Crippen molar-refractivity contribution in [1.29, 1.82) is 0 Å². The van der Waals surface area contributed by atoms with E-state index in [1.807, 2.05) is 60.7 Å². The standard InChI is InChI=1S/C32H36N4O4/c1-4-7-20-36-29(23-12-9-8-10-13-23)27(30(37)40-6-3)28(35-32(36)39)24-14-11-15-26(21-24)34-31(38)33-25-18-16-22(5-2)17-19-25/h8-19,21,28H,4-7,20H2,1-3H3,(H,35,39)(H2,33,34,38). The van der Waals surface area contributed by atoms with Gasteiger partial charge in [0.1, 0.15) is 0 Å². The van der Waals surface area contributed by atoms with Gasteiger partial charge in [0.2, 0.25) is 0 Å². The monoisotopic (exact) mass is 540 g/mol. The van der Waals surface area contributed by atoms with Crippen LogP contribution >= 0.6 is 0 Å². The fraction of sp³-hybridized carbons (Fsp3) is 0.281. The Labute approximate surface area is 235 Å². The van der Waals surface area contributed by atoms with Crippen LogP contribution in [0.4, 0.5) is 21.0 Å². The number of esters is 1. The van der Waals surface area contributed by atoms with Crippen LogP contribution < -0.4 is 16.0 Å². The normalized spacial score (nSPS) is 14.9. The van der Waals surface area contributed by atoms with Crippen LogP contribution in [-0.4, -0.2) is 36.1 Å². The number of urea groups is 2. The zero-order valence-corrected chi connectivity index (χ0v) is 23.2. The molecule has 0 aliphatic carbocycles. The summed E-state index contributed by atoms with van der Waals surface area (Å²) in [6, 6.07) is 22.7. The van der Waals surface area contributed by atoms with Gasteiger partial charge in [-0.15, -0.1) is 0 Å². The average Bonchev–Trinajstić information content (AvgIpc) is 2.97. The maximum atomic E-state index is 13.5. The van der Waals surface area contributed by atoms with Crippen LogP contribution in [0, 0.1) is 0 Å². The van der Waals surface area contributed by atoms with E-state index in [0.29, 0.717) is 34.8 Å². The van der Waals surface area contributed by atoms with Crippen LogP contribution in [0.3, 0.4) is 0 Å². The maximum absolute atomic E-state index is 13.5. The number of ether oxygens (including phenoxy) is 1. The minimum Gasteiger partial charge on any atom is -0.463 e. The molecule has 0 aromatic heterocycles. The number of hydrogen-bond donors (Lipinski definition) is 3. The summed E-state index contributed by atoms with van der Waals surface area (Å²) >= 11 is 0. The maximum Gasteiger partial charge on any atom is 0.338 e. The van der Waals surface area contributed by atoms with Crippen molar-refractivity contribution in [3.8, 4) is 0 Å². The van der Waals surface area contributed by atoms with E-state index >= 15 is 0 Å². The molecule has 1 heterocycles. The van der Waals surface area contributed by atoms with Gasteiger partial charge in [0.15, 0.2) is 0 Å². The number of carbonyl (C=O) groups excluding carboxylic acids is 3. The van der Waals surface area contributed by atoms with Crippen molar-refractivity contribution in [3.05, 3.63) is 101 Å². The molecule has 1 atom stereocenters. The first kappa shape index (κ1) is 28.4. The minimum atomic E-state index is -0.772. The number of aryl methyl sites for hydroxylation is 1. The van der Waals surface area contributed by atoms with Crippen molar-refractivity contribution >= 4 is 35.1 Å². The first-order chi connectivity index (χ1) is 19.4. The summed E-state index contributed by atoms with van der Waals surface area (Å²) < 4.78 is 5.50. The second-order valence-corrected chi connectivity index (χ2v) is 9.49. The summed E-state index contributed by atoms with van der Waals surface area (Å²) in [4.78, 5) is 41.3. The van der Waals surface area contributed by atoms with Crippen LogP contribution in [0.25, 0.3) is 5.70 Å². The summed E-state index contributed by atoms with van der Waals surface area (Å²) in [7, 11) is 0. The highest BCUT2D eigenvalue weighted by molar-refractivity contribution is 6.05. The Morgan fingerprint density at radius 3 is 2.30 bits per heavy atom. The largest absolute Gasteiger partial charge is 0.463 e. The van der Waals surface area contributed by atoms with Gasteiger partial charge in [-0.2, -0.15) is 0 Å². The quantitative estimate of drug-likeness (QED) is 0.248. The number of carbonyl (C=O) groups is 3. The van der Waals surface area contributed by atoms with Crippen molar-refractivity contribution in [3.63, 3.8) is 0 Å². The fourth-order valence-electron chi connectivity index (χ4n) is 4.68. The van der Waals surface area contributed by atoms with Gasteiger partial charge in [0.25, 0.3) is 0 Å². The number of unbranched alkanes of at least 4 members (excludes halogenated alkanes) is 1. The number of nitrogens with one attached hydrogen (secondary N) is 3. The summed E-state index contributed by atoms with van der Waals surface area (Å²) in [5.74, 6) is -0.500. The van der Waals surface area contributed by atoms with Gasteiger partial charge in [-0.3, -0.25) is 4.90 Å². The van der Waals surface area contributed by atoms with E-state index < -0.39 is 18.0 Å². The number of nitrogens with zero attached hydrogens (tertiary/aromatic N) is 1. The lowest BCUT2D eigenvalue weighted by Crippen LogP contribution is -2.48. The first-order valence-corrected chi connectivity index (χ1v) is 13.8. The number of rotatable bonds is 10. The lowest BCUT2D eigenvalue weighted by atomic mass is 9.91. The molecule has 0 fully saturated rings. The topological polar surface area (TPSA) is 99.8 Å². The van der Waals surface area contributed by atoms with Gasteiger partial charge >= 0.3 is 18.0 Å². The molecule has 0 radical (unpaired) electrons. The van der Waals surface area contributed by atoms with E-state index in [1.165, 1.54) is 5.56 Å². The Kier molecular flexibility index (Phi) is 9.57. The van der Waals surface area contributed by atoms with E-state index in [0.717, 1.165) is 24.8 Å². The van der Waals surface area contributed by atoms with Gasteiger partial charge < -0.3 is 20.7 Å². The third kappa shape index (κ3) is 6.69. The Morgan fingerprint density at radius 1 is 0.900 bits per heavy atom. The SMILES string of the molecule is CCCCN1C(=O)NC(c2cccc(NC(=O)Nc3ccc(CC)cc3)c2)C(C(=O)OCC)=C1c1ccccc1. The highest BCUT2D eigenvalue weighted by atomic mass is 16.5. The average molecular weight is 541 g/mol. The summed E-state index contributed by atoms with van der Waals surface area (Å²) in [5, 5.41) is 8.70. The molecule has 0 bridgehead atoms. The summed E-state index contributed by atoms with van der Waals surface area (Å²) in [6.45, 7) is 6.54. The lowest BCUT2D eigenvalue weighted by molar-refractivity contribution is -0.138. The fourth-order valence-corrected chi connectivity index (χ4v) is 4.68. The summed E-state index contributed by atoms with van der Waals surface area (Å²) in [5.41, 5.74) is 4.66. The van der Waals surface area contributed by atoms with Crippen LogP contribution in [0.1, 0.15) is 56.3 Å². The van der Waals surface area contributed by atoms with Gasteiger partial charge in [0.05, 0.1) is 23.9 Å². The van der Waals surface area contributed by atoms with Crippen LogP contribution in [-0.2, 0) is 16.0 Å². The lowest BCUT2D eigenvalue weighted by Gasteiger charge is -2.37. The van der Waals surface area contributed by atoms with Crippen molar-refractivity contribution in [1.82, 2.24) is 10.2 Å². The van der Waals surface area contributed by atoms with Crippen molar-refractivity contribution in [2.24, 2.45) is 0 Å². The molecule has 3 aromatic carbocycles. The second kappa shape index (κ2) is 13.5. The van der Waals surface area contributed by atoms with Crippen molar-refractivity contribution in [2.75, 3.05) is 23.8 Å². The molecular weight excluding hydrogens is 504 g/mol. The zero-order chi connectivity index (χ0) is 28.5. The zero-order valence-electron chi connectivity index (χ0n) is 23.2. The molecule has 3 aromatic rings. The molecule has 4 amide bonds. The predicted octanol–water partition coefficient (Wildman–Crippen LogP) is 6.73. The first-order valence-electron chi connectivity index (χ1n) is 13.8. The van der Waals surface area contributed by atoms with Crippen LogP contribution in [0.15, 0.2) is 84.4 Å². The van der Waals surface area contributed by atoms with E-state index in [2.05, 4.69) is 29.8 Å². The number of anilines is 2. The second-order valence-electron chi connectivity index (χ2n) is 9.49. The number of benzene rings is 3. The molecular formula is C32H36N4O4. The predicted molar refractivity (Wildman–Crippen MR) is 158 cm³/mol. The Morgan fingerprint density at radius 2 is 1.62 bits per heavy atom. The van der Waals surface area contributed by atoms with Crippen molar-refractivity contribution in [2.45, 2.75) is 46.1 Å². The molecule has 4 rings (SSSR count). The molecule has 0 saturated carbocycles. The molecule has 8 heteroatoms. The third-order valence-electron chi connectivity index (χ3n) is 6.70. The van der Waals surface area contributed by atoms with E-state index in [1.54, 1.807) is 30.0 Å². The molecule has 1 unspecified atom stereocenters. The smallest absolute Gasteiger partial charge is 0.338 e. The number of amides is 4. The Balaban J connectivity index is 1.69. The number of hydrogen-bond acceptors (Lipinski definition) is 4. The Hall–Kier alpha value is -4.59. The highest BCUT2D eigenvalue weighted by Crippen LogP contribution is 2.37.